The molecule has 2 N–H and O–H groups in total. The van der Waals surface area contributed by atoms with Gasteiger partial charge in [-0.3, -0.25) is 4.98 Å². The molecule has 1 aliphatic carbocycles. The van der Waals surface area contributed by atoms with Gasteiger partial charge >= 0.3 is 0 Å². The van der Waals surface area contributed by atoms with E-state index in [1.807, 2.05) is 25.3 Å². The lowest BCUT2D eigenvalue weighted by Gasteiger charge is -2.03. The zero-order valence-electron chi connectivity index (χ0n) is 11.7. The van der Waals surface area contributed by atoms with Crippen molar-refractivity contribution in [3.8, 4) is 0 Å². The third kappa shape index (κ3) is 2.20. The average molecular weight is 277 g/mol. The molecule has 0 saturated heterocycles. The van der Waals surface area contributed by atoms with Gasteiger partial charge in [-0.05, 0) is 31.5 Å². The zero-order chi connectivity index (χ0) is 14.4. The number of fused-ring (bicyclic) bond motifs is 1. The number of rotatable bonds is 2. The topological polar surface area (TPSA) is 77.6 Å². The number of hydrogen-bond donors (Lipinski definition) is 1. The van der Waals surface area contributed by atoms with Crippen molar-refractivity contribution in [2.24, 2.45) is 0 Å². The van der Waals surface area contributed by atoms with Crippen LogP contribution >= 0.6 is 0 Å². The van der Waals surface area contributed by atoms with E-state index in [2.05, 4.69) is 27.1 Å². The highest BCUT2D eigenvalue weighted by atomic mass is 14.9. The molecule has 0 radical (unpaired) electrons. The maximum Gasteiger partial charge on any atom is 0.132 e. The number of aromatic nitrogens is 4. The fourth-order valence-electron chi connectivity index (χ4n) is 2.71. The summed E-state index contributed by atoms with van der Waals surface area (Å²) in [5.41, 5.74) is 8.72. The first-order valence-electron chi connectivity index (χ1n) is 7.02. The van der Waals surface area contributed by atoms with Crippen molar-refractivity contribution < 1.29 is 0 Å². The predicted molar refractivity (Wildman–Crippen MR) is 80.8 cm³/mol. The van der Waals surface area contributed by atoms with Crippen LogP contribution in [0.3, 0.4) is 0 Å². The largest absolute Gasteiger partial charge is 0.384 e. The van der Waals surface area contributed by atoms with E-state index < -0.39 is 0 Å². The standard InChI is InChI=1S/C16H15N5/c1-9-4-5-18-16(20-9)12-6-11(12)13-3-2-10-8-19-15(17)7-14(10)21-13/h2-5,7-8,11-12H,6H2,1H3,(H2,17,19)/t11-,12-/m0/s1. The third-order valence-corrected chi connectivity index (χ3v) is 3.93. The summed E-state index contributed by atoms with van der Waals surface area (Å²) in [6.07, 6.45) is 4.64. The minimum absolute atomic E-state index is 0.383. The van der Waals surface area contributed by atoms with Crippen LogP contribution in [-0.4, -0.2) is 19.9 Å². The van der Waals surface area contributed by atoms with E-state index in [-0.39, 0.29) is 0 Å². The first-order valence-corrected chi connectivity index (χ1v) is 7.02. The molecule has 104 valence electrons. The molecule has 0 spiro atoms. The van der Waals surface area contributed by atoms with E-state index in [0.717, 1.165) is 34.5 Å². The van der Waals surface area contributed by atoms with Gasteiger partial charge in [-0.15, -0.1) is 0 Å². The Labute approximate surface area is 122 Å². The summed E-state index contributed by atoms with van der Waals surface area (Å²) in [7, 11) is 0. The monoisotopic (exact) mass is 277 g/mol. The second kappa shape index (κ2) is 4.48. The number of nitrogens with two attached hydrogens (primary N) is 1. The van der Waals surface area contributed by atoms with Gasteiger partial charge in [0.25, 0.3) is 0 Å². The molecular formula is C16H15N5. The maximum absolute atomic E-state index is 5.73. The molecule has 1 saturated carbocycles. The second-order valence-electron chi connectivity index (χ2n) is 5.54. The zero-order valence-corrected chi connectivity index (χ0v) is 11.7. The number of anilines is 1. The van der Waals surface area contributed by atoms with Crippen molar-refractivity contribution in [3.63, 3.8) is 0 Å². The highest BCUT2D eigenvalue weighted by molar-refractivity contribution is 5.79. The number of nitrogen functional groups attached to an aromatic ring is 1. The van der Waals surface area contributed by atoms with Crippen LogP contribution in [0.2, 0.25) is 0 Å². The van der Waals surface area contributed by atoms with E-state index in [9.17, 15) is 0 Å². The molecule has 0 amide bonds. The lowest BCUT2D eigenvalue weighted by Crippen LogP contribution is -1.96. The van der Waals surface area contributed by atoms with E-state index in [4.69, 9.17) is 10.7 Å². The van der Waals surface area contributed by atoms with E-state index in [0.29, 0.717) is 17.7 Å². The molecule has 4 rings (SSSR count). The van der Waals surface area contributed by atoms with Gasteiger partial charge in [0, 0.05) is 47.1 Å². The molecule has 3 heterocycles. The average Bonchev–Trinajstić information content (AvgIpc) is 3.27. The summed E-state index contributed by atoms with van der Waals surface area (Å²) in [6, 6.07) is 7.86. The lowest BCUT2D eigenvalue weighted by atomic mass is 10.1. The normalized spacial score (nSPS) is 20.6. The molecule has 0 unspecified atom stereocenters. The van der Waals surface area contributed by atoms with Crippen LogP contribution in [0.5, 0.6) is 0 Å². The predicted octanol–water partition coefficient (Wildman–Crippen LogP) is 2.58. The lowest BCUT2D eigenvalue weighted by molar-refractivity contribution is 0.867. The van der Waals surface area contributed by atoms with Crippen molar-refractivity contribution in [1.82, 2.24) is 19.9 Å². The summed E-state index contributed by atoms with van der Waals surface area (Å²) in [5.74, 6) is 2.22. The fourth-order valence-corrected chi connectivity index (χ4v) is 2.71. The summed E-state index contributed by atoms with van der Waals surface area (Å²) in [6.45, 7) is 1.99. The summed E-state index contributed by atoms with van der Waals surface area (Å²) < 4.78 is 0. The molecule has 3 aromatic rings. The van der Waals surface area contributed by atoms with Gasteiger partial charge in [0.1, 0.15) is 11.6 Å². The molecule has 0 aromatic carbocycles. The Kier molecular flexibility index (Phi) is 2.60. The Bertz CT molecular complexity index is 830. The number of nitrogens with zero attached hydrogens (tertiary/aromatic N) is 4. The Morgan fingerprint density at radius 3 is 2.86 bits per heavy atom. The van der Waals surface area contributed by atoms with Crippen LogP contribution in [-0.2, 0) is 0 Å². The van der Waals surface area contributed by atoms with Crippen LogP contribution in [0.25, 0.3) is 10.9 Å². The highest BCUT2D eigenvalue weighted by Crippen LogP contribution is 2.53. The number of hydrogen-bond acceptors (Lipinski definition) is 5. The van der Waals surface area contributed by atoms with E-state index >= 15 is 0 Å². The molecule has 1 fully saturated rings. The van der Waals surface area contributed by atoms with E-state index in [1.165, 1.54) is 0 Å². The minimum atomic E-state index is 0.383. The number of pyridine rings is 2. The van der Waals surface area contributed by atoms with E-state index in [1.54, 1.807) is 6.20 Å². The Morgan fingerprint density at radius 2 is 2.00 bits per heavy atom. The fraction of sp³-hybridized carbons (Fsp3) is 0.250. The minimum Gasteiger partial charge on any atom is -0.384 e. The van der Waals surface area contributed by atoms with Crippen LogP contribution in [0.1, 0.15) is 35.5 Å². The quantitative estimate of drug-likeness (QED) is 0.779. The molecule has 21 heavy (non-hydrogen) atoms. The van der Waals surface area contributed by atoms with Crippen LogP contribution in [0, 0.1) is 6.92 Å². The molecule has 0 aliphatic heterocycles. The van der Waals surface area contributed by atoms with Crippen molar-refractivity contribution in [1.29, 1.82) is 0 Å². The second-order valence-corrected chi connectivity index (χ2v) is 5.54. The summed E-state index contributed by atoms with van der Waals surface area (Å²) >= 11 is 0. The summed E-state index contributed by atoms with van der Waals surface area (Å²) in [4.78, 5) is 17.7. The van der Waals surface area contributed by atoms with Crippen LogP contribution < -0.4 is 5.73 Å². The molecule has 2 atom stereocenters. The Hall–Kier alpha value is -2.56. The van der Waals surface area contributed by atoms with Crippen LogP contribution in [0.4, 0.5) is 5.82 Å². The molecule has 0 bridgehead atoms. The van der Waals surface area contributed by atoms with Gasteiger partial charge in [-0.1, -0.05) is 0 Å². The summed E-state index contributed by atoms with van der Waals surface area (Å²) in [5, 5.41) is 1.01. The van der Waals surface area contributed by atoms with Crippen molar-refractivity contribution >= 4 is 16.7 Å². The van der Waals surface area contributed by atoms with Gasteiger partial charge in [-0.25, -0.2) is 15.0 Å². The van der Waals surface area contributed by atoms with Gasteiger partial charge in [0.05, 0.1) is 5.52 Å². The third-order valence-electron chi connectivity index (χ3n) is 3.93. The molecule has 5 nitrogen and oxygen atoms in total. The van der Waals surface area contributed by atoms with Crippen molar-refractivity contribution in [2.75, 3.05) is 5.73 Å². The van der Waals surface area contributed by atoms with Crippen molar-refractivity contribution in [3.05, 3.63) is 53.9 Å². The molecule has 3 aromatic heterocycles. The smallest absolute Gasteiger partial charge is 0.132 e. The Morgan fingerprint density at radius 1 is 1.10 bits per heavy atom. The first-order chi connectivity index (χ1) is 10.2. The molecule has 1 aliphatic rings. The van der Waals surface area contributed by atoms with Crippen LogP contribution in [0.15, 0.2) is 36.7 Å². The van der Waals surface area contributed by atoms with Crippen molar-refractivity contribution in [2.45, 2.75) is 25.2 Å². The maximum atomic E-state index is 5.73. The van der Waals surface area contributed by atoms with Gasteiger partial charge in [-0.2, -0.15) is 0 Å². The highest BCUT2D eigenvalue weighted by Gasteiger charge is 2.42. The first kappa shape index (κ1) is 12.2. The van der Waals surface area contributed by atoms with Gasteiger partial charge in [0.2, 0.25) is 0 Å². The molecular weight excluding hydrogens is 262 g/mol. The molecule has 5 heteroatoms. The van der Waals surface area contributed by atoms with Gasteiger partial charge in [0.15, 0.2) is 0 Å². The number of aryl methyl sites for hydroxylation is 1. The van der Waals surface area contributed by atoms with Gasteiger partial charge < -0.3 is 5.73 Å². The Balaban J connectivity index is 1.66. The SMILES string of the molecule is Cc1ccnc([C@H]2C[C@@H]2c2ccc3cnc(N)cc3n2)n1.